The van der Waals surface area contributed by atoms with Crippen LogP contribution < -0.4 is 5.32 Å². The summed E-state index contributed by atoms with van der Waals surface area (Å²) in [6.07, 6.45) is 13.6. The average Bonchev–Trinajstić information content (AvgIpc) is 2.41. The third-order valence-corrected chi connectivity index (χ3v) is 8.09. The van der Waals surface area contributed by atoms with E-state index in [4.69, 9.17) is 0 Å². The molecule has 120 valence electrons. The number of hydrogen-bond acceptors (Lipinski definition) is 1. The van der Waals surface area contributed by atoms with Gasteiger partial charge < -0.3 is 5.32 Å². The van der Waals surface area contributed by atoms with E-state index < -0.39 is 0 Å². The zero-order chi connectivity index (χ0) is 14.6. The third-order valence-electron chi connectivity index (χ3n) is 8.09. The summed E-state index contributed by atoms with van der Waals surface area (Å²) < 4.78 is 0. The highest BCUT2D eigenvalue weighted by Crippen LogP contribution is 2.61. The summed E-state index contributed by atoms with van der Waals surface area (Å²) in [4.78, 5) is 0. The molecule has 0 heterocycles. The summed E-state index contributed by atoms with van der Waals surface area (Å²) >= 11 is 0. The lowest BCUT2D eigenvalue weighted by molar-refractivity contribution is -0.0733. The summed E-state index contributed by atoms with van der Waals surface area (Å²) in [7, 11) is 0. The molecule has 0 aromatic rings. The monoisotopic (exact) mass is 289 g/mol. The molecule has 0 amide bonds. The van der Waals surface area contributed by atoms with E-state index in [0.29, 0.717) is 5.41 Å². The topological polar surface area (TPSA) is 12.0 Å². The van der Waals surface area contributed by atoms with Crippen LogP contribution in [0.15, 0.2) is 0 Å². The second-order valence-electron chi connectivity index (χ2n) is 9.63. The summed E-state index contributed by atoms with van der Waals surface area (Å²) in [5.74, 6) is 5.13. The molecule has 0 aromatic heterocycles. The van der Waals surface area contributed by atoms with Gasteiger partial charge in [-0.05, 0) is 99.7 Å². The molecule has 5 fully saturated rings. The van der Waals surface area contributed by atoms with Gasteiger partial charge in [0.2, 0.25) is 0 Å². The van der Waals surface area contributed by atoms with Crippen LogP contribution in [0.4, 0.5) is 0 Å². The highest BCUT2D eigenvalue weighted by atomic mass is 15.0. The van der Waals surface area contributed by atoms with Crippen molar-refractivity contribution >= 4 is 0 Å². The second-order valence-corrected chi connectivity index (χ2v) is 9.63. The lowest BCUT2D eigenvalue weighted by Gasteiger charge is -2.59. The van der Waals surface area contributed by atoms with Crippen LogP contribution in [0.1, 0.15) is 78.6 Å². The summed E-state index contributed by atoms with van der Waals surface area (Å²) in [5, 5.41) is 4.13. The van der Waals surface area contributed by atoms with Crippen LogP contribution in [0.5, 0.6) is 0 Å². The van der Waals surface area contributed by atoms with Crippen molar-refractivity contribution in [1.82, 2.24) is 5.32 Å². The minimum Gasteiger partial charge on any atom is -0.311 e. The molecule has 1 heteroatoms. The minimum absolute atomic E-state index is 0.682. The van der Waals surface area contributed by atoms with Crippen LogP contribution in [0, 0.1) is 35.0 Å². The Morgan fingerprint density at radius 2 is 1.38 bits per heavy atom. The fourth-order valence-corrected chi connectivity index (χ4v) is 6.94. The van der Waals surface area contributed by atoms with Crippen molar-refractivity contribution in [3.8, 4) is 0 Å². The SMILES string of the molecule is CC1CCC(NC(C)C23CC4CC(CC(C4)C2)C3)CC1C. The molecule has 4 bridgehead atoms. The van der Waals surface area contributed by atoms with E-state index in [-0.39, 0.29) is 0 Å². The van der Waals surface area contributed by atoms with Crippen molar-refractivity contribution in [3.63, 3.8) is 0 Å². The molecule has 1 nitrogen and oxygen atoms in total. The van der Waals surface area contributed by atoms with Gasteiger partial charge in [-0.3, -0.25) is 0 Å². The van der Waals surface area contributed by atoms with Gasteiger partial charge in [0.25, 0.3) is 0 Å². The van der Waals surface area contributed by atoms with Gasteiger partial charge in [0.15, 0.2) is 0 Å². The van der Waals surface area contributed by atoms with Crippen molar-refractivity contribution in [2.75, 3.05) is 0 Å². The second kappa shape index (κ2) is 5.25. The number of hydrogen-bond donors (Lipinski definition) is 1. The maximum absolute atomic E-state index is 4.13. The van der Waals surface area contributed by atoms with Gasteiger partial charge in [-0.25, -0.2) is 0 Å². The Kier molecular flexibility index (Phi) is 3.64. The molecule has 4 atom stereocenters. The Hall–Kier alpha value is -0.0400. The van der Waals surface area contributed by atoms with Crippen LogP contribution >= 0.6 is 0 Å². The van der Waals surface area contributed by atoms with Crippen LogP contribution in [0.25, 0.3) is 0 Å². The highest BCUT2D eigenvalue weighted by Gasteiger charge is 2.53. The molecular weight excluding hydrogens is 254 g/mol. The lowest BCUT2D eigenvalue weighted by Crippen LogP contribution is -2.57. The standard InChI is InChI=1S/C20H35N/c1-13-4-5-19(6-14(13)2)21-15(3)20-10-16-7-17(11-20)9-18(8-16)12-20/h13-19,21H,4-12H2,1-3H3. The Bertz CT molecular complexity index is 352. The quantitative estimate of drug-likeness (QED) is 0.770. The first-order chi connectivity index (χ1) is 10.0. The van der Waals surface area contributed by atoms with Crippen molar-refractivity contribution in [1.29, 1.82) is 0 Å². The van der Waals surface area contributed by atoms with Gasteiger partial charge in [-0.15, -0.1) is 0 Å². The van der Waals surface area contributed by atoms with Gasteiger partial charge in [0.1, 0.15) is 0 Å². The van der Waals surface area contributed by atoms with Crippen LogP contribution in [-0.2, 0) is 0 Å². The molecule has 5 saturated carbocycles. The van der Waals surface area contributed by atoms with Crippen LogP contribution in [0.2, 0.25) is 0 Å². The lowest BCUT2D eigenvalue weighted by atomic mass is 9.48. The zero-order valence-corrected chi connectivity index (χ0v) is 14.4. The molecule has 0 aromatic carbocycles. The predicted octanol–water partition coefficient (Wildman–Crippen LogP) is 5.01. The number of nitrogens with one attached hydrogen (secondary N) is 1. The van der Waals surface area contributed by atoms with E-state index in [1.54, 1.807) is 38.5 Å². The van der Waals surface area contributed by atoms with E-state index >= 15 is 0 Å². The molecule has 0 saturated heterocycles. The Balaban J connectivity index is 1.42. The van der Waals surface area contributed by atoms with E-state index in [2.05, 4.69) is 26.1 Å². The molecule has 0 aliphatic heterocycles. The van der Waals surface area contributed by atoms with E-state index in [0.717, 1.165) is 41.7 Å². The largest absolute Gasteiger partial charge is 0.311 e. The van der Waals surface area contributed by atoms with Gasteiger partial charge >= 0.3 is 0 Å². The van der Waals surface area contributed by atoms with Crippen molar-refractivity contribution in [3.05, 3.63) is 0 Å². The third kappa shape index (κ3) is 2.58. The molecule has 21 heavy (non-hydrogen) atoms. The number of rotatable bonds is 3. The average molecular weight is 290 g/mol. The maximum Gasteiger partial charge on any atom is 0.00980 e. The van der Waals surface area contributed by atoms with Gasteiger partial charge in [-0.2, -0.15) is 0 Å². The predicted molar refractivity (Wildman–Crippen MR) is 89.2 cm³/mol. The molecule has 5 aliphatic rings. The molecule has 4 unspecified atom stereocenters. The molecule has 5 aliphatic carbocycles. The Morgan fingerprint density at radius 3 is 1.90 bits per heavy atom. The smallest absolute Gasteiger partial charge is 0.00980 e. The van der Waals surface area contributed by atoms with Gasteiger partial charge in [0, 0.05) is 12.1 Å². The van der Waals surface area contributed by atoms with Crippen molar-refractivity contribution in [2.24, 2.45) is 35.0 Å². The fourth-order valence-electron chi connectivity index (χ4n) is 6.94. The molecule has 1 N–H and O–H groups in total. The summed E-state index contributed by atoms with van der Waals surface area (Å²) in [6.45, 7) is 7.45. The van der Waals surface area contributed by atoms with Crippen molar-refractivity contribution < 1.29 is 0 Å². The summed E-state index contributed by atoms with van der Waals surface area (Å²) in [6, 6.07) is 1.57. The first-order valence-electron chi connectivity index (χ1n) is 9.80. The first kappa shape index (κ1) is 14.5. The molecule has 5 rings (SSSR count). The highest BCUT2D eigenvalue weighted by molar-refractivity contribution is 5.05. The minimum atomic E-state index is 0.682. The Morgan fingerprint density at radius 1 is 0.810 bits per heavy atom. The first-order valence-corrected chi connectivity index (χ1v) is 9.80. The maximum atomic E-state index is 4.13. The van der Waals surface area contributed by atoms with Gasteiger partial charge in [0.05, 0.1) is 0 Å². The van der Waals surface area contributed by atoms with Crippen molar-refractivity contribution in [2.45, 2.75) is 90.6 Å². The molecule has 0 spiro atoms. The van der Waals surface area contributed by atoms with E-state index in [9.17, 15) is 0 Å². The zero-order valence-electron chi connectivity index (χ0n) is 14.4. The van der Waals surface area contributed by atoms with Gasteiger partial charge in [-0.1, -0.05) is 13.8 Å². The van der Waals surface area contributed by atoms with Crippen LogP contribution in [0.3, 0.4) is 0 Å². The van der Waals surface area contributed by atoms with E-state index in [1.807, 2.05) is 0 Å². The fraction of sp³-hybridized carbons (Fsp3) is 1.00. The molecule has 0 radical (unpaired) electrons. The molecular formula is C20H35N. The van der Waals surface area contributed by atoms with Crippen LogP contribution in [-0.4, -0.2) is 12.1 Å². The normalized spacial score (nSPS) is 53.9. The van der Waals surface area contributed by atoms with E-state index in [1.165, 1.54) is 19.3 Å². The Labute approximate surface area is 131 Å². The summed E-state index contributed by atoms with van der Waals surface area (Å²) in [5.41, 5.74) is 0.682.